The monoisotopic (exact) mass is 238 g/mol. The van der Waals surface area contributed by atoms with Crippen LogP contribution in [0.1, 0.15) is 38.5 Å². The molecule has 1 heterocycles. The van der Waals surface area contributed by atoms with E-state index in [1.807, 2.05) is 0 Å². The summed E-state index contributed by atoms with van der Waals surface area (Å²) in [5.41, 5.74) is 0. The fourth-order valence-electron chi connectivity index (χ4n) is 3.05. The lowest BCUT2D eigenvalue weighted by Gasteiger charge is -2.33. The number of Topliss-reactive ketones (excluding diaryl/α,β-unsaturated/α-hetero) is 1. The van der Waals surface area contributed by atoms with E-state index in [9.17, 15) is 9.59 Å². The number of rotatable bonds is 4. The number of carbonyl (C=O) groups is 2. The van der Waals surface area contributed by atoms with Crippen molar-refractivity contribution in [3.05, 3.63) is 0 Å². The summed E-state index contributed by atoms with van der Waals surface area (Å²) in [6.45, 7) is 1.50. The summed E-state index contributed by atoms with van der Waals surface area (Å²) in [4.78, 5) is 21.8. The fourth-order valence-corrected chi connectivity index (χ4v) is 3.05. The van der Waals surface area contributed by atoms with Crippen molar-refractivity contribution in [3.8, 4) is 0 Å². The molecule has 2 aliphatic rings. The van der Waals surface area contributed by atoms with Crippen molar-refractivity contribution in [1.82, 2.24) is 10.6 Å². The predicted octanol–water partition coefficient (Wildman–Crippen LogP) is 0.655. The summed E-state index contributed by atoms with van der Waals surface area (Å²) in [7, 11) is 0. The molecule has 2 fully saturated rings. The highest BCUT2D eigenvalue weighted by Crippen LogP contribution is 2.27. The number of carbonyl (C=O) groups excluding carboxylic acids is 2. The zero-order chi connectivity index (χ0) is 12.1. The van der Waals surface area contributed by atoms with Crippen LogP contribution in [0.4, 0.5) is 0 Å². The van der Waals surface area contributed by atoms with Gasteiger partial charge in [0.25, 0.3) is 0 Å². The number of aldehydes is 1. The molecule has 1 saturated heterocycles. The topological polar surface area (TPSA) is 58.2 Å². The third-order valence-corrected chi connectivity index (χ3v) is 3.98. The zero-order valence-corrected chi connectivity index (χ0v) is 10.3. The zero-order valence-electron chi connectivity index (χ0n) is 10.3. The first kappa shape index (κ1) is 12.7. The molecule has 0 amide bonds. The van der Waals surface area contributed by atoms with Crippen LogP contribution >= 0.6 is 0 Å². The van der Waals surface area contributed by atoms with Crippen molar-refractivity contribution < 1.29 is 9.59 Å². The molecule has 2 N–H and O–H groups in total. The first-order valence-electron chi connectivity index (χ1n) is 6.75. The smallest absolute Gasteiger partial charge is 0.213 e. The molecule has 4 heteroatoms. The Kier molecular flexibility index (Phi) is 4.68. The third kappa shape index (κ3) is 3.61. The van der Waals surface area contributed by atoms with E-state index in [4.69, 9.17) is 0 Å². The molecule has 1 saturated carbocycles. The maximum Gasteiger partial charge on any atom is 0.213 e. The molecule has 17 heavy (non-hydrogen) atoms. The molecule has 0 bridgehead atoms. The van der Waals surface area contributed by atoms with Crippen molar-refractivity contribution in [2.45, 2.75) is 50.6 Å². The van der Waals surface area contributed by atoms with Gasteiger partial charge in [0.05, 0.1) is 6.04 Å². The van der Waals surface area contributed by atoms with Gasteiger partial charge < -0.3 is 10.6 Å². The van der Waals surface area contributed by atoms with E-state index < -0.39 is 0 Å². The number of hydrogen-bond acceptors (Lipinski definition) is 4. The molecule has 1 aliphatic carbocycles. The molecule has 2 unspecified atom stereocenters. The van der Waals surface area contributed by atoms with Crippen molar-refractivity contribution in [1.29, 1.82) is 0 Å². The van der Waals surface area contributed by atoms with Gasteiger partial charge >= 0.3 is 0 Å². The maximum absolute atomic E-state index is 11.3. The van der Waals surface area contributed by atoms with Crippen molar-refractivity contribution in [2.75, 3.05) is 13.1 Å². The lowest BCUT2D eigenvalue weighted by molar-refractivity contribution is -0.131. The summed E-state index contributed by atoms with van der Waals surface area (Å²) < 4.78 is 0. The van der Waals surface area contributed by atoms with Crippen LogP contribution < -0.4 is 10.6 Å². The molecule has 2 rings (SSSR count). The lowest BCUT2D eigenvalue weighted by atomic mass is 9.84. The van der Waals surface area contributed by atoms with Crippen LogP contribution in [0.25, 0.3) is 0 Å². The molecule has 0 radical (unpaired) electrons. The van der Waals surface area contributed by atoms with E-state index in [0.29, 0.717) is 18.9 Å². The maximum atomic E-state index is 11.3. The molecule has 0 spiro atoms. The van der Waals surface area contributed by atoms with Gasteiger partial charge in [-0.2, -0.15) is 0 Å². The Morgan fingerprint density at radius 3 is 2.65 bits per heavy atom. The molecule has 96 valence electrons. The fraction of sp³-hybridized carbons (Fsp3) is 0.846. The van der Waals surface area contributed by atoms with Gasteiger partial charge in [-0.3, -0.25) is 9.59 Å². The van der Waals surface area contributed by atoms with E-state index in [1.165, 1.54) is 32.1 Å². The van der Waals surface area contributed by atoms with Crippen molar-refractivity contribution in [2.24, 2.45) is 5.92 Å². The first-order chi connectivity index (χ1) is 8.29. The Hall–Kier alpha value is -0.740. The molecule has 0 aromatic heterocycles. The second-order valence-corrected chi connectivity index (χ2v) is 5.33. The number of nitrogens with one attached hydrogen (secondary N) is 2. The highest BCUT2D eigenvalue weighted by Gasteiger charge is 2.27. The van der Waals surface area contributed by atoms with E-state index in [0.717, 1.165) is 18.9 Å². The molecular formula is C13H22N2O2. The minimum atomic E-state index is -0.328. The van der Waals surface area contributed by atoms with Crippen molar-refractivity contribution in [3.63, 3.8) is 0 Å². The van der Waals surface area contributed by atoms with E-state index in [-0.39, 0.29) is 11.8 Å². The number of ketones is 1. The lowest BCUT2D eigenvalue weighted by Crippen LogP contribution is -2.58. The van der Waals surface area contributed by atoms with Crippen LogP contribution in [0, 0.1) is 5.92 Å². The van der Waals surface area contributed by atoms with Gasteiger partial charge in [-0.05, 0) is 12.3 Å². The molecule has 2 atom stereocenters. The van der Waals surface area contributed by atoms with E-state index in [2.05, 4.69) is 10.6 Å². The Balaban J connectivity index is 1.80. The Bertz CT molecular complexity index is 275. The highest BCUT2D eigenvalue weighted by molar-refractivity contribution is 6.27. The number of hydrogen-bond donors (Lipinski definition) is 2. The minimum Gasteiger partial charge on any atom is -0.313 e. The van der Waals surface area contributed by atoms with Crippen LogP contribution in [0.2, 0.25) is 0 Å². The quantitative estimate of drug-likeness (QED) is 0.558. The standard InChI is InChI=1S/C13H22N2O2/c16-9-13(17)12-8-14-7-11(15-12)6-10-4-2-1-3-5-10/h9-12,14-15H,1-8H2. The van der Waals surface area contributed by atoms with Crippen LogP contribution in [0.5, 0.6) is 0 Å². The van der Waals surface area contributed by atoms with Crippen molar-refractivity contribution >= 4 is 12.1 Å². The first-order valence-corrected chi connectivity index (χ1v) is 6.75. The van der Waals surface area contributed by atoms with Crippen LogP contribution in [0.3, 0.4) is 0 Å². The Morgan fingerprint density at radius 2 is 1.94 bits per heavy atom. The molecular weight excluding hydrogens is 216 g/mol. The average Bonchev–Trinajstić information content (AvgIpc) is 2.39. The van der Waals surface area contributed by atoms with Gasteiger partial charge in [0.1, 0.15) is 0 Å². The van der Waals surface area contributed by atoms with Gasteiger partial charge in [0, 0.05) is 19.1 Å². The van der Waals surface area contributed by atoms with Gasteiger partial charge in [0.2, 0.25) is 5.78 Å². The molecule has 4 nitrogen and oxygen atoms in total. The van der Waals surface area contributed by atoms with E-state index in [1.54, 1.807) is 0 Å². The second-order valence-electron chi connectivity index (χ2n) is 5.33. The Morgan fingerprint density at radius 1 is 1.18 bits per heavy atom. The highest BCUT2D eigenvalue weighted by atomic mass is 16.2. The normalized spacial score (nSPS) is 31.1. The van der Waals surface area contributed by atoms with Gasteiger partial charge in [0.15, 0.2) is 6.29 Å². The third-order valence-electron chi connectivity index (χ3n) is 3.98. The van der Waals surface area contributed by atoms with Gasteiger partial charge in [-0.25, -0.2) is 0 Å². The number of piperazine rings is 1. The van der Waals surface area contributed by atoms with Gasteiger partial charge in [-0.15, -0.1) is 0 Å². The SMILES string of the molecule is O=CC(=O)C1CNCC(CC2CCCCC2)N1. The van der Waals surface area contributed by atoms with Gasteiger partial charge in [-0.1, -0.05) is 32.1 Å². The predicted molar refractivity (Wildman–Crippen MR) is 65.8 cm³/mol. The largest absolute Gasteiger partial charge is 0.313 e. The summed E-state index contributed by atoms with van der Waals surface area (Å²) in [6.07, 6.45) is 8.29. The van der Waals surface area contributed by atoms with Crippen LogP contribution in [-0.2, 0) is 9.59 Å². The molecule has 0 aromatic carbocycles. The summed E-state index contributed by atoms with van der Waals surface area (Å²) >= 11 is 0. The summed E-state index contributed by atoms with van der Waals surface area (Å²) in [6, 6.07) is 0.0376. The van der Waals surface area contributed by atoms with Crippen LogP contribution in [0.15, 0.2) is 0 Å². The van der Waals surface area contributed by atoms with E-state index >= 15 is 0 Å². The minimum absolute atomic E-state index is 0.310. The summed E-state index contributed by atoms with van der Waals surface area (Å²) in [5, 5.41) is 6.56. The molecule has 1 aliphatic heterocycles. The van der Waals surface area contributed by atoms with Crippen LogP contribution in [-0.4, -0.2) is 37.2 Å². The Labute approximate surface area is 103 Å². The second kappa shape index (κ2) is 6.26. The summed E-state index contributed by atoms with van der Waals surface area (Å²) in [5.74, 6) is 0.471. The average molecular weight is 238 g/mol. The molecule has 0 aromatic rings.